The lowest BCUT2D eigenvalue weighted by Crippen LogP contribution is -2.43. The van der Waals surface area contributed by atoms with Crippen molar-refractivity contribution in [2.24, 2.45) is 0 Å². The van der Waals surface area contributed by atoms with Gasteiger partial charge in [-0.3, -0.25) is 9.69 Å². The van der Waals surface area contributed by atoms with E-state index < -0.39 is 0 Å². The van der Waals surface area contributed by atoms with Crippen LogP contribution in [0, 0.1) is 13.8 Å². The van der Waals surface area contributed by atoms with E-state index >= 15 is 0 Å². The third-order valence-corrected chi connectivity index (χ3v) is 5.28. The standard InChI is InChI=1S/C16H23NOS/c1-11-5-6-12(2)15(9-11)16(18)13(3)17(4)14-7-8-19-10-14/h5-6,9,13-14H,7-8,10H2,1-4H3. The number of carbonyl (C=O) groups excluding carboxylic acids is 1. The van der Waals surface area contributed by atoms with Crippen molar-refractivity contribution in [3.63, 3.8) is 0 Å². The summed E-state index contributed by atoms with van der Waals surface area (Å²) in [5.74, 6) is 2.63. The normalized spacial score (nSPS) is 20.8. The molecule has 0 saturated carbocycles. The Hall–Kier alpha value is -0.800. The second kappa shape index (κ2) is 6.10. The van der Waals surface area contributed by atoms with Crippen molar-refractivity contribution in [1.82, 2.24) is 4.90 Å². The third-order valence-electron chi connectivity index (χ3n) is 4.13. The Labute approximate surface area is 120 Å². The van der Waals surface area contributed by atoms with Crippen LogP contribution in [0.15, 0.2) is 18.2 Å². The third kappa shape index (κ3) is 3.21. The summed E-state index contributed by atoms with van der Waals surface area (Å²) in [6, 6.07) is 6.64. The molecule has 1 aliphatic heterocycles. The Kier molecular flexibility index (Phi) is 4.69. The molecule has 3 heteroatoms. The number of benzene rings is 1. The first-order chi connectivity index (χ1) is 9.00. The van der Waals surface area contributed by atoms with Crippen LogP contribution in [0.5, 0.6) is 0 Å². The maximum atomic E-state index is 12.7. The molecule has 2 rings (SSSR count). The van der Waals surface area contributed by atoms with Crippen LogP contribution in [0.2, 0.25) is 0 Å². The molecule has 1 aromatic carbocycles. The number of rotatable bonds is 4. The fourth-order valence-electron chi connectivity index (χ4n) is 2.57. The van der Waals surface area contributed by atoms with Gasteiger partial charge >= 0.3 is 0 Å². The highest BCUT2D eigenvalue weighted by atomic mass is 32.2. The number of likely N-dealkylation sites (N-methyl/N-ethyl adjacent to an activating group) is 1. The Balaban J connectivity index is 2.15. The predicted molar refractivity (Wildman–Crippen MR) is 83.2 cm³/mol. The Morgan fingerprint density at radius 1 is 1.42 bits per heavy atom. The van der Waals surface area contributed by atoms with Gasteiger partial charge in [0, 0.05) is 17.4 Å². The molecule has 1 saturated heterocycles. The minimum absolute atomic E-state index is 0.0378. The quantitative estimate of drug-likeness (QED) is 0.788. The van der Waals surface area contributed by atoms with Crippen molar-refractivity contribution < 1.29 is 4.79 Å². The summed E-state index contributed by atoms with van der Waals surface area (Å²) in [6.07, 6.45) is 1.20. The van der Waals surface area contributed by atoms with E-state index in [1.54, 1.807) is 0 Å². The van der Waals surface area contributed by atoms with Gasteiger partial charge in [0.2, 0.25) is 0 Å². The summed E-state index contributed by atoms with van der Waals surface area (Å²) >= 11 is 1.99. The lowest BCUT2D eigenvalue weighted by molar-refractivity contribution is 0.0830. The van der Waals surface area contributed by atoms with Gasteiger partial charge in [-0.05, 0) is 51.6 Å². The smallest absolute Gasteiger partial charge is 0.179 e. The van der Waals surface area contributed by atoms with Gasteiger partial charge in [0.05, 0.1) is 6.04 Å². The molecular formula is C16H23NOS. The van der Waals surface area contributed by atoms with Gasteiger partial charge in [-0.2, -0.15) is 11.8 Å². The van der Waals surface area contributed by atoms with E-state index in [1.165, 1.54) is 12.2 Å². The van der Waals surface area contributed by atoms with Crippen LogP contribution in [0.25, 0.3) is 0 Å². The molecule has 2 unspecified atom stereocenters. The molecule has 1 aliphatic rings. The molecule has 104 valence electrons. The van der Waals surface area contributed by atoms with Crippen molar-refractivity contribution in [1.29, 1.82) is 0 Å². The number of ketones is 1. The van der Waals surface area contributed by atoms with Gasteiger partial charge < -0.3 is 0 Å². The van der Waals surface area contributed by atoms with E-state index in [-0.39, 0.29) is 11.8 Å². The zero-order valence-corrected chi connectivity index (χ0v) is 13.1. The van der Waals surface area contributed by atoms with Crippen LogP contribution in [0.3, 0.4) is 0 Å². The Morgan fingerprint density at radius 2 is 2.16 bits per heavy atom. The first-order valence-corrected chi connectivity index (χ1v) is 8.07. The SMILES string of the molecule is Cc1ccc(C)c(C(=O)C(C)N(C)C2CCSC2)c1. The van der Waals surface area contributed by atoms with Crippen LogP contribution in [-0.2, 0) is 0 Å². The van der Waals surface area contributed by atoms with E-state index in [0.29, 0.717) is 6.04 Å². The zero-order valence-electron chi connectivity index (χ0n) is 12.3. The number of nitrogens with zero attached hydrogens (tertiary/aromatic N) is 1. The molecule has 2 atom stereocenters. The number of Topliss-reactive ketones (excluding diaryl/α,β-unsaturated/α-hetero) is 1. The lowest BCUT2D eigenvalue weighted by atomic mass is 9.97. The van der Waals surface area contributed by atoms with Crippen LogP contribution in [0.4, 0.5) is 0 Å². The van der Waals surface area contributed by atoms with Gasteiger partial charge in [-0.25, -0.2) is 0 Å². The van der Waals surface area contributed by atoms with Crippen molar-refractivity contribution in [3.8, 4) is 0 Å². The van der Waals surface area contributed by atoms with E-state index in [2.05, 4.69) is 18.0 Å². The molecule has 1 aromatic rings. The summed E-state index contributed by atoms with van der Waals surface area (Å²) in [5.41, 5.74) is 3.11. The van der Waals surface area contributed by atoms with Crippen molar-refractivity contribution in [2.75, 3.05) is 18.6 Å². The van der Waals surface area contributed by atoms with Gasteiger partial charge in [-0.1, -0.05) is 17.7 Å². The average molecular weight is 277 g/mol. The minimum Gasteiger partial charge on any atom is -0.293 e. The summed E-state index contributed by atoms with van der Waals surface area (Å²) in [7, 11) is 2.09. The molecular weight excluding hydrogens is 254 g/mol. The number of carbonyl (C=O) groups is 1. The molecule has 0 N–H and O–H groups in total. The monoisotopic (exact) mass is 277 g/mol. The largest absolute Gasteiger partial charge is 0.293 e. The lowest BCUT2D eigenvalue weighted by Gasteiger charge is -2.29. The molecule has 19 heavy (non-hydrogen) atoms. The average Bonchev–Trinajstić information content (AvgIpc) is 2.93. The fourth-order valence-corrected chi connectivity index (χ4v) is 3.85. The zero-order chi connectivity index (χ0) is 14.0. The second-order valence-corrected chi connectivity index (χ2v) is 6.69. The number of hydrogen-bond acceptors (Lipinski definition) is 3. The molecule has 0 aromatic heterocycles. The van der Waals surface area contributed by atoms with Crippen molar-refractivity contribution in [2.45, 2.75) is 39.3 Å². The highest BCUT2D eigenvalue weighted by Gasteiger charge is 2.28. The van der Waals surface area contributed by atoms with E-state index in [1.807, 2.05) is 44.7 Å². The predicted octanol–water partition coefficient (Wildman–Crippen LogP) is 3.31. The van der Waals surface area contributed by atoms with E-state index in [9.17, 15) is 4.79 Å². The molecule has 0 bridgehead atoms. The molecule has 0 amide bonds. The summed E-state index contributed by atoms with van der Waals surface area (Å²) in [6.45, 7) is 6.09. The van der Waals surface area contributed by atoms with Gasteiger partial charge in [0.1, 0.15) is 0 Å². The van der Waals surface area contributed by atoms with E-state index in [4.69, 9.17) is 0 Å². The highest BCUT2D eigenvalue weighted by Crippen LogP contribution is 2.24. The first kappa shape index (κ1) is 14.6. The molecule has 0 aliphatic carbocycles. The maximum absolute atomic E-state index is 12.7. The molecule has 2 nitrogen and oxygen atoms in total. The molecule has 0 radical (unpaired) electrons. The van der Waals surface area contributed by atoms with Crippen LogP contribution in [0.1, 0.15) is 34.8 Å². The van der Waals surface area contributed by atoms with Crippen LogP contribution < -0.4 is 0 Å². The van der Waals surface area contributed by atoms with Gasteiger partial charge in [-0.15, -0.1) is 0 Å². The second-order valence-electron chi connectivity index (χ2n) is 5.54. The Morgan fingerprint density at radius 3 is 2.79 bits per heavy atom. The maximum Gasteiger partial charge on any atom is 0.179 e. The minimum atomic E-state index is -0.0378. The van der Waals surface area contributed by atoms with Crippen molar-refractivity contribution >= 4 is 17.5 Å². The molecule has 1 fully saturated rings. The summed E-state index contributed by atoms with van der Waals surface area (Å²) in [5, 5.41) is 0. The van der Waals surface area contributed by atoms with Gasteiger partial charge in [0.25, 0.3) is 0 Å². The van der Waals surface area contributed by atoms with Crippen LogP contribution in [-0.4, -0.2) is 41.3 Å². The fraction of sp³-hybridized carbons (Fsp3) is 0.562. The summed E-state index contributed by atoms with van der Waals surface area (Å²) in [4.78, 5) is 14.9. The number of hydrogen-bond donors (Lipinski definition) is 0. The Bertz CT molecular complexity index is 466. The van der Waals surface area contributed by atoms with Crippen LogP contribution >= 0.6 is 11.8 Å². The summed E-state index contributed by atoms with van der Waals surface area (Å²) < 4.78 is 0. The highest BCUT2D eigenvalue weighted by molar-refractivity contribution is 7.99. The van der Waals surface area contributed by atoms with E-state index in [0.717, 1.165) is 22.4 Å². The van der Waals surface area contributed by atoms with Crippen molar-refractivity contribution in [3.05, 3.63) is 34.9 Å². The first-order valence-electron chi connectivity index (χ1n) is 6.92. The van der Waals surface area contributed by atoms with Gasteiger partial charge in [0.15, 0.2) is 5.78 Å². The molecule has 0 spiro atoms. The number of aryl methyl sites for hydroxylation is 2. The topological polar surface area (TPSA) is 20.3 Å². The molecule has 1 heterocycles. The number of thioether (sulfide) groups is 1.